The SMILES string of the molecule is NC(=O)CCN1CCOCC(O)(COc2cccc(F)c2)C1. The zero-order chi connectivity index (χ0) is 16.0. The molecule has 6 nitrogen and oxygen atoms in total. The van der Waals surface area contributed by atoms with Crippen molar-refractivity contribution in [2.45, 2.75) is 12.0 Å². The Balaban J connectivity index is 1.92. The minimum absolute atomic E-state index is 0.0243. The number of β-amino-alcohol motifs (C(OH)–C–C–N with tert-alkyl or cyclic N) is 1. The molecule has 0 aliphatic carbocycles. The van der Waals surface area contributed by atoms with Crippen LogP contribution in [-0.2, 0) is 9.53 Å². The van der Waals surface area contributed by atoms with E-state index in [-0.39, 0.29) is 25.5 Å². The molecule has 1 amide bonds. The summed E-state index contributed by atoms with van der Waals surface area (Å²) in [5.41, 5.74) is 3.92. The number of benzene rings is 1. The number of halogens is 1. The maximum Gasteiger partial charge on any atom is 0.218 e. The molecule has 122 valence electrons. The highest BCUT2D eigenvalue weighted by atomic mass is 19.1. The molecular formula is C15H21FN2O4. The summed E-state index contributed by atoms with van der Waals surface area (Å²) in [5.74, 6) is -0.434. The Bertz CT molecular complexity index is 514. The van der Waals surface area contributed by atoms with E-state index in [1.54, 1.807) is 6.07 Å². The maximum absolute atomic E-state index is 13.1. The van der Waals surface area contributed by atoms with Crippen LogP contribution in [0, 0.1) is 5.82 Å². The average Bonchev–Trinajstić information content (AvgIpc) is 2.65. The van der Waals surface area contributed by atoms with Crippen molar-refractivity contribution in [3.63, 3.8) is 0 Å². The number of amides is 1. The van der Waals surface area contributed by atoms with Crippen LogP contribution in [0.1, 0.15) is 6.42 Å². The molecule has 1 fully saturated rings. The van der Waals surface area contributed by atoms with Gasteiger partial charge in [-0.1, -0.05) is 6.07 Å². The monoisotopic (exact) mass is 312 g/mol. The lowest BCUT2D eigenvalue weighted by atomic mass is 10.1. The molecule has 1 unspecified atom stereocenters. The summed E-state index contributed by atoms with van der Waals surface area (Å²) < 4.78 is 24.0. The van der Waals surface area contributed by atoms with Gasteiger partial charge in [-0.05, 0) is 12.1 Å². The number of nitrogens with two attached hydrogens (primary N) is 1. The Morgan fingerprint density at radius 1 is 1.55 bits per heavy atom. The molecule has 0 saturated carbocycles. The highest BCUT2D eigenvalue weighted by molar-refractivity contribution is 5.73. The van der Waals surface area contributed by atoms with Crippen LogP contribution in [0.2, 0.25) is 0 Å². The molecule has 1 heterocycles. The Morgan fingerprint density at radius 3 is 3.09 bits per heavy atom. The van der Waals surface area contributed by atoms with Crippen molar-refractivity contribution in [1.29, 1.82) is 0 Å². The third kappa shape index (κ3) is 5.25. The van der Waals surface area contributed by atoms with Crippen molar-refractivity contribution in [2.24, 2.45) is 5.73 Å². The molecule has 1 atom stereocenters. The molecule has 1 aromatic rings. The largest absolute Gasteiger partial charge is 0.490 e. The van der Waals surface area contributed by atoms with Crippen molar-refractivity contribution in [2.75, 3.05) is 39.5 Å². The van der Waals surface area contributed by atoms with E-state index in [0.717, 1.165) is 0 Å². The summed E-state index contributed by atoms with van der Waals surface area (Å²) in [7, 11) is 0. The van der Waals surface area contributed by atoms with Crippen molar-refractivity contribution < 1.29 is 23.8 Å². The van der Waals surface area contributed by atoms with Crippen LogP contribution in [0.3, 0.4) is 0 Å². The fraction of sp³-hybridized carbons (Fsp3) is 0.533. The topological polar surface area (TPSA) is 85.0 Å². The third-order valence-electron chi connectivity index (χ3n) is 3.42. The fourth-order valence-corrected chi connectivity index (χ4v) is 2.32. The molecule has 0 bridgehead atoms. The van der Waals surface area contributed by atoms with Gasteiger partial charge in [0.05, 0.1) is 13.2 Å². The summed E-state index contributed by atoms with van der Waals surface area (Å²) in [6.45, 7) is 1.92. The van der Waals surface area contributed by atoms with Gasteiger partial charge in [-0.2, -0.15) is 0 Å². The maximum atomic E-state index is 13.1. The summed E-state index contributed by atoms with van der Waals surface area (Å²) in [4.78, 5) is 12.8. The predicted octanol–water partition coefficient (Wildman–Crippen LogP) is 0.143. The molecule has 1 saturated heterocycles. The normalized spacial score (nSPS) is 23.0. The van der Waals surface area contributed by atoms with E-state index in [2.05, 4.69) is 0 Å². The number of nitrogens with zero attached hydrogens (tertiary/aromatic N) is 1. The van der Waals surface area contributed by atoms with Crippen LogP contribution < -0.4 is 10.5 Å². The molecule has 3 N–H and O–H groups in total. The number of hydrogen-bond donors (Lipinski definition) is 2. The van der Waals surface area contributed by atoms with Crippen LogP contribution in [0.5, 0.6) is 5.75 Å². The summed E-state index contributed by atoms with van der Waals surface area (Å²) >= 11 is 0. The molecular weight excluding hydrogens is 291 g/mol. The van der Waals surface area contributed by atoms with Crippen LogP contribution in [0.4, 0.5) is 4.39 Å². The van der Waals surface area contributed by atoms with E-state index in [1.165, 1.54) is 18.2 Å². The molecule has 1 aliphatic rings. The average molecular weight is 312 g/mol. The van der Waals surface area contributed by atoms with Crippen molar-refractivity contribution in [3.05, 3.63) is 30.1 Å². The van der Waals surface area contributed by atoms with E-state index in [4.69, 9.17) is 15.2 Å². The summed E-state index contributed by atoms with van der Waals surface area (Å²) in [5, 5.41) is 10.6. The molecule has 1 aromatic carbocycles. The first-order valence-electron chi connectivity index (χ1n) is 7.16. The Hall–Kier alpha value is -1.70. The van der Waals surface area contributed by atoms with Gasteiger partial charge < -0.3 is 20.3 Å². The summed E-state index contributed by atoms with van der Waals surface area (Å²) in [6.07, 6.45) is 0.223. The standard InChI is InChI=1S/C15H21FN2O4/c16-12-2-1-3-13(8-12)22-11-15(20)9-18(5-4-14(17)19)6-7-21-10-15/h1-3,8,20H,4-7,9-11H2,(H2,17,19). The van der Waals surface area contributed by atoms with Gasteiger partial charge in [-0.3, -0.25) is 9.69 Å². The lowest BCUT2D eigenvalue weighted by Crippen LogP contribution is -2.49. The van der Waals surface area contributed by atoms with Gasteiger partial charge in [0.25, 0.3) is 0 Å². The number of ether oxygens (including phenoxy) is 2. The van der Waals surface area contributed by atoms with Crippen molar-refractivity contribution in [3.8, 4) is 5.75 Å². The van der Waals surface area contributed by atoms with Gasteiger partial charge in [0.2, 0.25) is 5.91 Å². The lowest BCUT2D eigenvalue weighted by Gasteiger charge is -2.30. The second-order valence-electron chi connectivity index (χ2n) is 5.52. The summed E-state index contributed by atoms with van der Waals surface area (Å²) in [6, 6.07) is 5.74. The lowest BCUT2D eigenvalue weighted by molar-refractivity contribution is -0.118. The molecule has 2 rings (SSSR count). The van der Waals surface area contributed by atoms with Crippen molar-refractivity contribution in [1.82, 2.24) is 4.90 Å². The Labute approximate surface area is 128 Å². The highest BCUT2D eigenvalue weighted by Gasteiger charge is 2.33. The van der Waals surface area contributed by atoms with E-state index in [0.29, 0.717) is 32.0 Å². The number of hydrogen-bond acceptors (Lipinski definition) is 5. The van der Waals surface area contributed by atoms with E-state index in [1.807, 2.05) is 4.90 Å². The molecule has 0 spiro atoms. The molecule has 22 heavy (non-hydrogen) atoms. The number of carbonyl (C=O) groups is 1. The van der Waals surface area contributed by atoms with Gasteiger partial charge in [-0.15, -0.1) is 0 Å². The van der Waals surface area contributed by atoms with Gasteiger partial charge in [0.15, 0.2) is 0 Å². The predicted molar refractivity (Wildman–Crippen MR) is 77.9 cm³/mol. The minimum atomic E-state index is -1.22. The second-order valence-corrected chi connectivity index (χ2v) is 5.52. The van der Waals surface area contributed by atoms with Gasteiger partial charge in [-0.25, -0.2) is 4.39 Å². The fourth-order valence-electron chi connectivity index (χ4n) is 2.32. The Morgan fingerprint density at radius 2 is 2.36 bits per heavy atom. The number of rotatable bonds is 6. The van der Waals surface area contributed by atoms with Gasteiger partial charge in [0.1, 0.15) is 23.8 Å². The van der Waals surface area contributed by atoms with E-state index in [9.17, 15) is 14.3 Å². The van der Waals surface area contributed by atoms with E-state index < -0.39 is 11.4 Å². The zero-order valence-corrected chi connectivity index (χ0v) is 12.3. The number of carbonyl (C=O) groups excluding carboxylic acids is 1. The second kappa shape index (κ2) is 7.53. The van der Waals surface area contributed by atoms with E-state index >= 15 is 0 Å². The van der Waals surface area contributed by atoms with Gasteiger partial charge >= 0.3 is 0 Å². The van der Waals surface area contributed by atoms with Gasteiger partial charge in [0, 0.05) is 32.1 Å². The molecule has 0 aromatic heterocycles. The first-order valence-corrected chi connectivity index (χ1v) is 7.16. The smallest absolute Gasteiger partial charge is 0.218 e. The quantitative estimate of drug-likeness (QED) is 0.781. The first kappa shape index (κ1) is 16.7. The minimum Gasteiger partial charge on any atom is -0.490 e. The molecule has 7 heteroatoms. The number of aliphatic hydroxyl groups is 1. The molecule has 0 radical (unpaired) electrons. The highest BCUT2D eigenvalue weighted by Crippen LogP contribution is 2.17. The van der Waals surface area contributed by atoms with Crippen LogP contribution >= 0.6 is 0 Å². The third-order valence-corrected chi connectivity index (χ3v) is 3.42. The van der Waals surface area contributed by atoms with Crippen LogP contribution in [0.25, 0.3) is 0 Å². The number of primary amides is 1. The Kier molecular flexibility index (Phi) is 5.70. The van der Waals surface area contributed by atoms with Crippen LogP contribution in [0.15, 0.2) is 24.3 Å². The van der Waals surface area contributed by atoms with Crippen molar-refractivity contribution >= 4 is 5.91 Å². The molecule has 1 aliphatic heterocycles. The zero-order valence-electron chi connectivity index (χ0n) is 12.3. The first-order chi connectivity index (χ1) is 10.5. The van der Waals surface area contributed by atoms with Crippen LogP contribution in [-0.4, -0.2) is 61.0 Å².